The number of benzene rings is 1. The molecule has 1 heterocycles. The predicted molar refractivity (Wildman–Crippen MR) is 73.8 cm³/mol. The van der Waals surface area contributed by atoms with Gasteiger partial charge in [0.25, 0.3) is 0 Å². The summed E-state index contributed by atoms with van der Waals surface area (Å²) in [5.74, 6) is 0. The molecular weight excluding hydrogens is 246 g/mol. The van der Waals surface area contributed by atoms with E-state index in [1.807, 2.05) is 0 Å². The van der Waals surface area contributed by atoms with Crippen molar-refractivity contribution in [2.24, 2.45) is 0 Å². The minimum absolute atomic E-state index is 0.397. The lowest BCUT2D eigenvalue weighted by atomic mass is 10.0. The van der Waals surface area contributed by atoms with Gasteiger partial charge in [-0.3, -0.25) is 4.98 Å². The average molecular weight is 263 g/mol. The normalized spacial score (nSPS) is 11.7. The Morgan fingerprint density at radius 1 is 1.05 bits per heavy atom. The van der Waals surface area contributed by atoms with E-state index in [-0.39, 0.29) is 0 Å². The van der Waals surface area contributed by atoms with Gasteiger partial charge in [-0.1, -0.05) is 0 Å². The fraction of sp³-hybridized carbons (Fsp3) is 0.308. The largest absolute Gasteiger partial charge is 0.398 e. The van der Waals surface area contributed by atoms with Crippen molar-refractivity contribution >= 4 is 22.1 Å². The molecule has 0 saturated carbocycles. The van der Waals surface area contributed by atoms with E-state index in [4.69, 9.17) is 5.73 Å². The zero-order chi connectivity index (χ0) is 13.9. The van der Waals surface area contributed by atoms with E-state index < -0.39 is 25.4 Å². The molecule has 19 heavy (non-hydrogen) atoms. The summed E-state index contributed by atoms with van der Waals surface area (Å²) in [5.41, 5.74) is 5.96. The van der Waals surface area contributed by atoms with E-state index in [1.54, 1.807) is 30.6 Å². The number of pyridine rings is 1. The molecule has 0 aliphatic carbocycles. The number of hydrogen-bond donors (Lipinski definition) is 5. The van der Waals surface area contributed by atoms with Gasteiger partial charge in [0.2, 0.25) is 0 Å². The van der Waals surface area contributed by atoms with Crippen LogP contribution in [0, 0.1) is 0 Å². The number of anilines is 2. The van der Waals surface area contributed by atoms with Crippen LogP contribution >= 0.6 is 0 Å². The quantitative estimate of drug-likeness (QED) is 0.483. The number of aliphatic hydroxyl groups excluding tert-OH is 3. The van der Waals surface area contributed by atoms with Gasteiger partial charge in [-0.05, 0) is 18.2 Å². The molecule has 1 aromatic heterocycles. The van der Waals surface area contributed by atoms with E-state index in [9.17, 15) is 15.3 Å². The van der Waals surface area contributed by atoms with E-state index in [1.165, 1.54) is 0 Å². The van der Waals surface area contributed by atoms with Crippen molar-refractivity contribution in [1.29, 1.82) is 0 Å². The maximum Gasteiger partial charge on any atom is 0.107 e. The summed E-state index contributed by atoms with van der Waals surface area (Å²) in [5, 5.41) is 32.6. The first kappa shape index (κ1) is 13.5. The molecule has 0 spiro atoms. The van der Waals surface area contributed by atoms with E-state index >= 15 is 0 Å². The Bertz CT molecular complexity index is 562. The van der Waals surface area contributed by atoms with Crippen molar-refractivity contribution in [2.75, 3.05) is 30.9 Å². The van der Waals surface area contributed by atoms with Crippen LogP contribution in [0.4, 0.5) is 11.4 Å². The van der Waals surface area contributed by atoms with Crippen molar-refractivity contribution in [1.82, 2.24) is 4.98 Å². The zero-order valence-corrected chi connectivity index (χ0v) is 10.4. The Morgan fingerprint density at radius 3 is 2.37 bits per heavy atom. The molecule has 0 bridgehead atoms. The van der Waals surface area contributed by atoms with Gasteiger partial charge in [0.15, 0.2) is 0 Å². The number of fused-ring (bicyclic) bond motifs is 1. The van der Waals surface area contributed by atoms with Gasteiger partial charge in [0, 0.05) is 34.5 Å². The molecule has 0 atom stereocenters. The second kappa shape index (κ2) is 5.40. The smallest absolute Gasteiger partial charge is 0.107 e. The number of nitrogen functional groups attached to an aromatic ring is 1. The van der Waals surface area contributed by atoms with Gasteiger partial charge in [-0.2, -0.15) is 0 Å². The number of aliphatic hydroxyl groups is 3. The molecule has 2 rings (SSSR count). The molecule has 6 N–H and O–H groups in total. The number of aromatic nitrogens is 1. The molecule has 0 unspecified atom stereocenters. The maximum absolute atomic E-state index is 9.34. The van der Waals surface area contributed by atoms with Crippen molar-refractivity contribution in [3.63, 3.8) is 0 Å². The molecule has 0 aliphatic heterocycles. The summed E-state index contributed by atoms with van der Waals surface area (Å²) < 4.78 is 0. The molecule has 102 valence electrons. The highest BCUT2D eigenvalue weighted by molar-refractivity contribution is 6.00. The summed E-state index contributed by atoms with van der Waals surface area (Å²) >= 11 is 0. The fourth-order valence-corrected chi connectivity index (χ4v) is 1.88. The van der Waals surface area contributed by atoms with Crippen LogP contribution < -0.4 is 11.1 Å². The average Bonchev–Trinajstić information content (AvgIpc) is 2.48. The summed E-state index contributed by atoms with van der Waals surface area (Å²) in [4.78, 5) is 4.04. The third-order valence-corrected chi connectivity index (χ3v) is 3.16. The number of hydrogen-bond acceptors (Lipinski definition) is 6. The molecular formula is C13H17N3O3. The third-order valence-electron chi connectivity index (χ3n) is 3.16. The number of nitrogens with two attached hydrogens (primary N) is 1. The van der Waals surface area contributed by atoms with E-state index in [2.05, 4.69) is 10.3 Å². The first-order chi connectivity index (χ1) is 9.15. The van der Waals surface area contributed by atoms with Crippen LogP contribution in [0.1, 0.15) is 0 Å². The highest BCUT2D eigenvalue weighted by Gasteiger charge is 2.28. The van der Waals surface area contributed by atoms with Gasteiger partial charge < -0.3 is 26.4 Å². The molecule has 0 amide bonds. The molecule has 0 aliphatic rings. The van der Waals surface area contributed by atoms with Gasteiger partial charge >= 0.3 is 0 Å². The van der Waals surface area contributed by atoms with Crippen molar-refractivity contribution < 1.29 is 15.3 Å². The lowest BCUT2D eigenvalue weighted by Gasteiger charge is -2.30. The number of nitrogens with zero attached hydrogens (tertiary/aromatic N) is 1. The van der Waals surface area contributed by atoms with Crippen LogP contribution in [-0.2, 0) is 0 Å². The van der Waals surface area contributed by atoms with Crippen molar-refractivity contribution in [2.45, 2.75) is 5.54 Å². The first-order valence-corrected chi connectivity index (χ1v) is 5.89. The molecule has 2 aromatic rings. The van der Waals surface area contributed by atoms with Crippen LogP contribution in [0.5, 0.6) is 0 Å². The topological polar surface area (TPSA) is 112 Å². The fourth-order valence-electron chi connectivity index (χ4n) is 1.88. The van der Waals surface area contributed by atoms with Crippen LogP contribution in [-0.4, -0.2) is 45.7 Å². The van der Waals surface area contributed by atoms with Crippen molar-refractivity contribution in [3.05, 3.63) is 30.6 Å². The van der Waals surface area contributed by atoms with Crippen molar-refractivity contribution in [3.8, 4) is 0 Å². The summed E-state index contributed by atoms with van der Waals surface area (Å²) in [7, 11) is 0. The van der Waals surface area contributed by atoms with Crippen LogP contribution in [0.25, 0.3) is 10.8 Å². The number of rotatable bonds is 5. The molecule has 6 nitrogen and oxygen atoms in total. The van der Waals surface area contributed by atoms with Gasteiger partial charge in [-0.15, -0.1) is 0 Å². The SMILES string of the molecule is Nc1ccc(NC(CO)(CO)CO)c2cnccc12. The van der Waals surface area contributed by atoms with Gasteiger partial charge in [-0.25, -0.2) is 0 Å². The summed E-state index contributed by atoms with van der Waals surface area (Å²) in [6.07, 6.45) is 3.28. The Hall–Kier alpha value is -1.89. The summed E-state index contributed by atoms with van der Waals surface area (Å²) in [6, 6.07) is 5.24. The Balaban J connectivity index is 2.49. The standard InChI is InChI=1S/C13H17N3O3/c14-11-1-2-12(10-5-15-4-3-9(10)11)16-13(6-17,7-18)8-19/h1-5,16-19H,6-8,14H2. The highest BCUT2D eigenvalue weighted by atomic mass is 16.3. The van der Waals surface area contributed by atoms with Gasteiger partial charge in [0.05, 0.1) is 19.8 Å². The minimum Gasteiger partial charge on any atom is -0.398 e. The molecule has 1 aromatic carbocycles. The molecule has 0 radical (unpaired) electrons. The Kier molecular flexibility index (Phi) is 3.84. The molecule has 0 saturated heterocycles. The zero-order valence-electron chi connectivity index (χ0n) is 10.4. The van der Waals surface area contributed by atoms with E-state index in [0.29, 0.717) is 11.4 Å². The van der Waals surface area contributed by atoms with Gasteiger partial charge in [0.1, 0.15) is 5.54 Å². The van der Waals surface area contributed by atoms with Crippen LogP contribution in [0.3, 0.4) is 0 Å². The minimum atomic E-state index is -1.18. The maximum atomic E-state index is 9.34. The lowest BCUT2D eigenvalue weighted by Crippen LogP contribution is -2.49. The van der Waals surface area contributed by atoms with E-state index in [0.717, 1.165) is 10.8 Å². The number of nitrogens with one attached hydrogen (secondary N) is 1. The predicted octanol–water partition coefficient (Wildman–Crippen LogP) is -0.0554. The highest BCUT2D eigenvalue weighted by Crippen LogP contribution is 2.29. The monoisotopic (exact) mass is 263 g/mol. The first-order valence-electron chi connectivity index (χ1n) is 5.89. The second-order valence-corrected chi connectivity index (χ2v) is 4.50. The second-order valence-electron chi connectivity index (χ2n) is 4.50. The molecule has 6 heteroatoms. The lowest BCUT2D eigenvalue weighted by molar-refractivity contribution is 0.0834. The van der Waals surface area contributed by atoms with Crippen LogP contribution in [0.15, 0.2) is 30.6 Å². The molecule has 0 fully saturated rings. The third kappa shape index (κ3) is 2.46. The van der Waals surface area contributed by atoms with Crippen LogP contribution in [0.2, 0.25) is 0 Å². The Morgan fingerprint density at radius 2 is 1.74 bits per heavy atom. The Labute approximate surface area is 110 Å². The summed E-state index contributed by atoms with van der Waals surface area (Å²) in [6.45, 7) is -1.19.